The molecule has 0 fully saturated rings. The molecule has 0 aromatic heterocycles. The van der Waals surface area contributed by atoms with E-state index in [-0.39, 0.29) is 5.69 Å². The third-order valence-corrected chi connectivity index (χ3v) is 2.44. The van der Waals surface area contributed by atoms with Crippen LogP contribution in [0, 0.1) is 0 Å². The first-order chi connectivity index (χ1) is 8.39. The summed E-state index contributed by atoms with van der Waals surface area (Å²) in [5, 5.41) is 2.88. The molecule has 0 spiro atoms. The minimum atomic E-state index is -4.92. The molecule has 0 saturated carbocycles. The van der Waals surface area contributed by atoms with Gasteiger partial charge in [-0.2, -0.15) is 13.2 Å². The molecule has 0 unspecified atom stereocenters. The lowest BCUT2D eigenvalue weighted by atomic mass is 10.1. The van der Waals surface area contributed by atoms with Crippen molar-refractivity contribution in [2.75, 3.05) is 11.1 Å². The lowest BCUT2D eigenvalue weighted by molar-refractivity contribution is -0.167. The summed E-state index contributed by atoms with van der Waals surface area (Å²) in [6, 6.07) is 9.58. The average Bonchev–Trinajstić information content (AvgIpc) is 2.28. The molecule has 0 aliphatic heterocycles. The van der Waals surface area contributed by atoms with Crippen LogP contribution < -0.4 is 11.1 Å². The van der Waals surface area contributed by atoms with E-state index in [2.05, 4.69) is 0 Å². The second-order valence-corrected chi connectivity index (χ2v) is 3.70. The Morgan fingerprint density at radius 1 is 1.11 bits per heavy atom. The van der Waals surface area contributed by atoms with Gasteiger partial charge in [-0.1, -0.05) is 24.3 Å². The number of amides is 1. The van der Waals surface area contributed by atoms with Crippen LogP contribution in [0.4, 0.5) is 24.5 Å². The van der Waals surface area contributed by atoms with E-state index in [9.17, 15) is 18.0 Å². The van der Waals surface area contributed by atoms with Crippen molar-refractivity contribution < 1.29 is 18.0 Å². The fourth-order valence-corrected chi connectivity index (χ4v) is 1.67. The summed E-state index contributed by atoms with van der Waals surface area (Å²) in [5.41, 5.74) is 6.07. The summed E-state index contributed by atoms with van der Waals surface area (Å²) < 4.78 is 36.6. The lowest BCUT2D eigenvalue weighted by Crippen LogP contribution is -2.30. The Bertz CT molecular complexity index is 603. The molecule has 0 atom stereocenters. The second-order valence-electron chi connectivity index (χ2n) is 3.70. The number of nitrogens with one attached hydrogen (secondary N) is 1. The molecule has 1 amide bonds. The maximum atomic E-state index is 12.2. The van der Waals surface area contributed by atoms with E-state index in [4.69, 9.17) is 5.73 Å². The highest BCUT2D eigenvalue weighted by Crippen LogP contribution is 2.29. The van der Waals surface area contributed by atoms with Crippen LogP contribution in [-0.2, 0) is 4.79 Å². The third kappa shape index (κ3) is 2.22. The number of rotatable bonds is 1. The van der Waals surface area contributed by atoms with Crippen molar-refractivity contribution in [3.8, 4) is 0 Å². The minimum Gasteiger partial charge on any atom is -0.398 e. The zero-order chi connectivity index (χ0) is 13.3. The molecule has 0 heterocycles. The number of hydrogen-bond donors (Lipinski definition) is 2. The predicted octanol–water partition coefficient (Wildman–Crippen LogP) is 2.92. The van der Waals surface area contributed by atoms with Crippen molar-refractivity contribution >= 4 is 28.1 Å². The van der Waals surface area contributed by atoms with Gasteiger partial charge in [0.2, 0.25) is 0 Å². The van der Waals surface area contributed by atoms with Crippen molar-refractivity contribution in [2.45, 2.75) is 6.18 Å². The number of anilines is 2. The number of nitrogens with two attached hydrogens (primary N) is 1. The summed E-state index contributed by atoms with van der Waals surface area (Å²) in [4.78, 5) is 10.9. The summed E-state index contributed by atoms with van der Waals surface area (Å²) in [6.45, 7) is 0. The minimum absolute atomic E-state index is 0.0490. The van der Waals surface area contributed by atoms with Crippen LogP contribution in [0.1, 0.15) is 0 Å². The van der Waals surface area contributed by atoms with Gasteiger partial charge in [0.05, 0.1) is 5.69 Å². The summed E-state index contributed by atoms with van der Waals surface area (Å²) in [5.74, 6) is -2.02. The van der Waals surface area contributed by atoms with Crippen LogP contribution in [0.25, 0.3) is 10.8 Å². The summed E-state index contributed by atoms with van der Waals surface area (Å²) in [6.07, 6.45) is -4.92. The van der Waals surface area contributed by atoms with E-state index in [0.717, 1.165) is 0 Å². The molecule has 6 heteroatoms. The monoisotopic (exact) mass is 254 g/mol. The van der Waals surface area contributed by atoms with Crippen LogP contribution in [0.15, 0.2) is 36.4 Å². The fraction of sp³-hybridized carbons (Fsp3) is 0.0833. The molecule has 0 radical (unpaired) electrons. The maximum absolute atomic E-state index is 12.2. The standard InChI is InChI=1S/C12H9F3N2O/c13-12(14,15)11(18)17-9-6-2-4-7-3-1-5-8(16)10(7)9/h1-6H,16H2,(H,17,18). The van der Waals surface area contributed by atoms with Gasteiger partial charge in [-0.15, -0.1) is 0 Å². The quantitative estimate of drug-likeness (QED) is 0.769. The highest BCUT2D eigenvalue weighted by molar-refractivity contribution is 6.08. The van der Waals surface area contributed by atoms with Gasteiger partial charge in [0, 0.05) is 11.1 Å². The molecule has 2 aromatic rings. The molecule has 3 nitrogen and oxygen atoms in total. The van der Waals surface area contributed by atoms with E-state index in [1.54, 1.807) is 30.3 Å². The second kappa shape index (κ2) is 4.21. The first kappa shape index (κ1) is 12.2. The van der Waals surface area contributed by atoms with Gasteiger partial charge in [-0.25, -0.2) is 0 Å². The van der Waals surface area contributed by atoms with Crippen molar-refractivity contribution in [3.05, 3.63) is 36.4 Å². The molecule has 18 heavy (non-hydrogen) atoms. The smallest absolute Gasteiger partial charge is 0.398 e. The molecule has 2 aromatic carbocycles. The zero-order valence-corrected chi connectivity index (χ0v) is 9.08. The first-order valence-corrected chi connectivity index (χ1v) is 5.05. The Labute approximate surface area is 100 Å². The van der Waals surface area contributed by atoms with Crippen LogP contribution >= 0.6 is 0 Å². The Balaban J connectivity index is 2.49. The molecule has 3 N–H and O–H groups in total. The van der Waals surface area contributed by atoms with Gasteiger partial charge in [-0.3, -0.25) is 4.79 Å². The molecule has 0 bridgehead atoms. The van der Waals surface area contributed by atoms with Crippen molar-refractivity contribution in [3.63, 3.8) is 0 Å². The Morgan fingerprint density at radius 3 is 2.33 bits per heavy atom. The maximum Gasteiger partial charge on any atom is 0.471 e. The number of carbonyl (C=O) groups excluding carboxylic acids is 1. The van der Waals surface area contributed by atoms with Gasteiger partial charge in [-0.05, 0) is 17.5 Å². The van der Waals surface area contributed by atoms with Crippen LogP contribution in [0.2, 0.25) is 0 Å². The van der Waals surface area contributed by atoms with E-state index < -0.39 is 12.1 Å². The topological polar surface area (TPSA) is 55.1 Å². The van der Waals surface area contributed by atoms with E-state index in [0.29, 0.717) is 16.5 Å². The van der Waals surface area contributed by atoms with Crippen molar-refractivity contribution in [2.24, 2.45) is 0 Å². The first-order valence-electron chi connectivity index (χ1n) is 5.05. The molecular weight excluding hydrogens is 245 g/mol. The van der Waals surface area contributed by atoms with Gasteiger partial charge in [0.25, 0.3) is 0 Å². The van der Waals surface area contributed by atoms with Crippen molar-refractivity contribution in [1.82, 2.24) is 0 Å². The van der Waals surface area contributed by atoms with Crippen LogP contribution in [-0.4, -0.2) is 12.1 Å². The Morgan fingerprint density at radius 2 is 1.72 bits per heavy atom. The molecule has 2 rings (SSSR count). The SMILES string of the molecule is Nc1cccc2cccc(NC(=O)C(F)(F)F)c12. The average molecular weight is 254 g/mol. The number of carbonyl (C=O) groups is 1. The van der Waals surface area contributed by atoms with Crippen molar-refractivity contribution in [1.29, 1.82) is 0 Å². The Kier molecular flexibility index (Phi) is 2.86. The molecular formula is C12H9F3N2O. The van der Waals surface area contributed by atoms with E-state index in [1.165, 1.54) is 6.07 Å². The van der Waals surface area contributed by atoms with Gasteiger partial charge in [0.15, 0.2) is 0 Å². The highest BCUT2D eigenvalue weighted by atomic mass is 19.4. The van der Waals surface area contributed by atoms with E-state index in [1.807, 2.05) is 5.32 Å². The van der Waals surface area contributed by atoms with Gasteiger partial charge in [0.1, 0.15) is 0 Å². The largest absolute Gasteiger partial charge is 0.471 e. The number of benzene rings is 2. The zero-order valence-electron chi connectivity index (χ0n) is 9.08. The molecule has 0 aliphatic carbocycles. The number of alkyl halides is 3. The van der Waals surface area contributed by atoms with E-state index >= 15 is 0 Å². The lowest BCUT2D eigenvalue weighted by Gasteiger charge is -2.11. The normalized spacial score (nSPS) is 11.5. The predicted molar refractivity (Wildman–Crippen MR) is 63.0 cm³/mol. The van der Waals surface area contributed by atoms with Crippen LogP contribution in [0.5, 0.6) is 0 Å². The molecule has 0 saturated heterocycles. The number of halogens is 3. The van der Waals surface area contributed by atoms with Crippen LogP contribution in [0.3, 0.4) is 0 Å². The van der Waals surface area contributed by atoms with Gasteiger partial charge >= 0.3 is 12.1 Å². The number of nitrogen functional groups attached to an aromatic ring is 1. The third-order valence-electron chi connectivity index (χ3n) is 2.44. The molecule has 94 valence electrons. The highest BCUT2D eigenvalue weighted by Gasteiger charge is 2.38. The Hall–Kier alpha value is -2.24. The number of fused-ring (bicyclic) bond motifs is 1. The fourth-order valence-electron chi connectivity index (χ4n) is 1.67. The summed E-state index contributed by atoms with van der Waals surface area (Å²) >= 11 is 0. The summed E-state index contributed by atoms with van der Waals surface area (Å²) in [7, 11) is 0. The van der Waals surface area contributed by atoms with Gasteiger partial charge < -0.3 is 11.1 Å². The molecule has 0 aliphatic rings. The number of hydrogen-bond acceptors (Lipinski definition) is 2.